The summed E-state index contributed by atoms with van der Waals surface area (Å²) in [5.74, 6) is 0.650. The molecule has 2 heteroatoms. The predicted molar refractivity (Wildman–Crippen MR) is 74.0 cm³/mol. The Kier molecular flexibility index (Phi) is 4.76. The lowest BCUT2D eigenvalue weighted by Crippen LogP contribution is -2.39. The molecular formula is C16H24FN. The molecule has 0 amide bonds. The predicted octanol–water partition coefficient (Wildman–Crippen LogP) is 4.45. The van der Waals surface area contributed by atoms with Gasteiger partial charge in [-0.15, -0.1) is 0 Å². The average molecular weight is 249 g/mol. The zero-order valence-electron chi connectivity index (χ0n) is 11.5. The van der Waals surface area contributed by atoms with Crippen molar-refractivity contribution in [2.75, 3.05) is 0 Å². The lowest BCUT2D eigenvalue weighted by atomic mass is 9.82. The molecule has 18 heavy (non-hydrogen) atoms. The molecule has 1 saturated carbocycles. The van der Waals surface area contributed by atoms with E-state index in [0.29, 0.717) is 12.1 Å². The fourth-order valence-electron chi connectivity index (χ4n) is 3.08. The smallest absolute Gasteiger partial charge is 0.123 e. The van der Waals surface area contributed by atoms with Crippen LogP contribution in [0.5, 0.6) is 0 Å². The monoisotopic (exact) mass is 249 g/mol. The van der Waals surface area contributed by atoms with Crippen molar-refractivity contribution in [3.8, 4) is 0 Å². The standard InChI is InChI=1S/C16H24FN/c1-3-13-6-4-5-7-16(13)18-12(2)14-8-10-15(17)11-9-14/h8-13,16,18H,3-7H2,1-2H3/t12-,13?,16?/m0/s1. The van der Waals surface area contributed by atoms with Gasteiger partial charge in [-0.1, -0.05) is 38.3 Å². The maximum Gasteiger partial charge on any atom is 0.123 e. The lowest BCUT2D eigenvalue weighted by Gasteiger charge is -2.34. The van der Waals surface area contributed by atoms with Gasteiger partial charge in [0.15, 0.2) is 0 Å². The van der Waals surface area contributed by atoms with Crippen molar-refractivity contribution in [3.63, 3.8) is 0 Å². The summed E-state index contributed by atoms with van der Waals surface area (Å²) in [6, 6.07) is 7.80. The zero-order chi connectivity index (χ0) is 13.0. The SMILES string of the molecule is CCC1CCCCC1N[C@@H](C)c1ccc(F)cc1. The Morgan fingerprint density at radius 2 is 1.89 bits per heavy atom. The summed E-state index contributed by atoms with van der Waals surface area (Å²) in [4.78, 5) is 0. The topological polar surface area (TPSA) is 12.0 Å². The van der Waals surface area contributed by atoms with Crippen LogP contribution in [-0.4, -0.2) is 6.04 Å². The van der Waals surface area contributed by atoms with Crippen molar-refractivity contribution >= 4 is 0 Å². The molecule has 1 N–H and O–H groups in total. The van der Waals surface area contributed by atoms with Gasteiger partial charge in [0.2, 0.25) is 0 Å². The molecule has 0 bridgehead atoms. The fraction of sp³-hybridized carbons (Fsp3) is 0.625. The molecule has 2 unspecified atom stereocenters. The minimum Gasteiger partial charge on any atom is -0.307 e. The van der Waals surface area contributed by atoms with Gasteiger partial charge in [0, 0.05) is 12.1 Å². The van der Waals surface area contributed by atoms with Gasteiger partial charge in [0.25, 0.3) is 0 Å². The molecule has 1 aromatic rings. The summed E-state index contributed by atoms with van der Waals surface area (Å²) < 4.78 is 12.9. The van der Waals surface area contributed by atoms with Crippen LogP contribution in [0.15, 0.2) is 24.3 Å². The van der Waals surface area contributed by atoms with E-state index in [1.54, 1.807) is 12.1 Å². The third kappa shape index (κ3) is 3.32. The van der Waals surface area contributed by atoms with Crippen molar-refractivity contribution in [2.24, 2.45) is 5.92 Å². The molecule has 1 fully saturated rings. The second-order valence-corrected chi connectivity index (χ2v) is 5.50. The fourth-order valence-corrected chi connectivity index (χ4v) is 3.08. The van der Waals surface area contributed by atoms with Crippen LogP contribution in [0.2, 0.25) is 0 Å². The summed E-state index contributed by atoms with van der Waals surface area (Å²) in [7, 11) is 0. The van der Waals surface area contributed by atoms with Crippen LogP contribution in [0.3, 0.4) is 0 Å². The minimum absolute atomic E-state index is 0.157. The molecule has 0 heterocycles. The molecule has 0 spiro atoms. The normalized spacial score (nSPS) is 25.9. The Labute approximate surface area is 110 Å². The van der Waals surface area contributed by atoms with Gasteiger partial charge in [-0.3, -0.25) is 0 Å². The van der Waals surface area contributed by atoms with Crippen molar-refractivity contribution in [2.45, 2.75) is 58.0 Å². The molecule has 0 aromatic heterocycles. The highest BCUT2D eigenvalue weighted by atomic mass is 19.1. The van der Waals surface area contributed by atoms with Gasteiger partial charge in [0.05, 0.1) is 0 Å². The number of rotatable bonds is 4. The van der Waals surface area contributed by atoms with E-state index in [4.69, 9.17) is 0 Å². The molecule has 3 atom stereocenters. The van der Waals surface area contributed by atoms with Crippen molar-refractivity contribution in [3.05, 3.63) is 35.6 Å². The second kappa shape index (κ2) is 6.33. The quantitative estimate of drug-likeness (QED) is 0.831. The third-order valence-electron chi connectivity index (χ3n) is 4.27. The molecule has 2 rings (SSSR count). The minimum atomic E-state index is -0.157. The largest absolute Gasteiger partial charge is 0.307 e. The molecule has 0 aliphatic heterocycles. The van der Waals surface area contributed by atoms with E-state index in [0.717, 1.165) is 5.92 Å². The first-order valence-corrected chi connectivity index (χ1v) is 7.22. The Morgan fingerprint density at radius 1 is 1.22 bits per heavy atom. The first-order chi connectivity index (χ1) is 8.70. The molecule has 1 aliphatic carbocycles. The Bertz CT molecular complexity index is 360. The third-order valence-corrected chi connectivity index (χ3v) is 4.27. The Morgan fingerprint density at radius 3 is 2.56 bits per heavy atom. The Hall–Kier alpha value is -0.890. The van der Waals surface area contributed by atoms with Crippen LogP contribution in [0.1, 0.15) is 57.6 Å². The first-order valence-electron chi connectivity index (χ1n) is 7.22. The summed E-state index contributed by atoms with van der Waals surface area (Å²) in [6.07, 6.45) is 6.61. The second-order valence-electron chi connectivity index (χ2n) is 5.50. The van der Waals surface area contributed by atoms with E-state index in [1.807, 2.05) is 12.1 Å². The van der Waals surface area contributed by atoms with E-state index in [1.165, 1.54) is 37.7 Å². The number of nitrogens with one attached hydrogen (secondary N) is 1. The molecule has 100 valence electrons. The number of hydrogen-bond acceptors (Lipinski definition) is 1. The molecule has 1 aliphatic rings. The van der Waals surface area contributed by atoms with Crippen molar-refractivity contribution in [1.29, 1.82) is 0 Å². The van der Waals surface area contributed by atoms with Crippen LogP contribution in [-0.2, 0) is 0 Å². The van der Waals surface area contributed by atoms with Crippen LogP contribution in [0.4, 0.5) is 4.39 Å². The maximum absolute atomic E-state index is 12.9. The van der Waals surface area contributed by atoms with Gasteiger partial charge < -0.3 is 5.32 Å². The van der Waals surface area contributed by atoms with E-state index < -0.39 is 0 Å². The van der Waals surface area contributed by atoms with Crippen molar-refractivity contribution in [1.82, 2.24) is 5.32 Å². The van der Waals surface area contributed by atoms with E-state index >= 15 is 0 Å². The highest BCUT2D eigenvalue weighted by Crippen LogP contribution is 2.28. The number of benzene rings is 1. The van der Waals surface area contributed by atoms with Crippen LogP contribution >= 0.6 is 0 Å². The molecule has 1 nitrogen and oxygen atoms in total. The summed E-state index contributed by atoms with van der Waals surface area (Å²) in [5, 5.41) is 3.73. The number of hydrogen-bond donors (Lipinski definition) is 1. The molecule has 1 aromatic carbocycles. The van der Waals surface area contributed by atoms with Crippen LogP contribution in [0, 0.1) is 11.7 Å². The van der Waals surface area contributed by atoms with Gasteiger partial charge in [0.1, 0.15) is 5.82 Å². The van der Waals surface area contributed by atoms with E-state index in [9.17, 15) is 4.39 Å². The van der Waals surface area contributed by atoms with Gasteiger partial charge in [-0.2, -0.15) is 0 Å². The molecular weight excluding hydrogens is 225 g/mol. The first kappa shape index (κ1) is 13.5. The van der Waals surface area contributed by atoms with Gasteiger partial charge >= 0.3 is 0 Å². The highest BCUT2D eigenvalue weighted by molar-refractivity contribution is 5.19. The lowest BCUT2D eigenvalue weighted by molar-refractivity contribution is 0.240. The average Bonchev–Trinajstić information content (AvgIpc) is 2.40. The highest BCUT2D eigenvalue weighted by Gasteiger charge is 2.24. The van der Waals surface area contributed by atoms with Gasteiger partial charge in [-0.05, 0) is 43.4 Å². The van der Waals surface area contributed by atoms with Gasteiger partial charge in [-0.25, -0.2) is 4.39 Å². The summed E-state index contributed by atoms with van der Waals surface area (Å²) in [5.41, 5.74) is 1.18. The molecule has 0 radical (unpaired) electrons. The number of halogens is 1. The van der Waals surface area contributed by atoms with E-state index in [-0.39, 0.29) is 5.82 Å². The zero-order valence-corrected chi connectivity index (χ0v) is 11.5. The van der Waals surface area contributed by atoms with Crippen LogP contribution < -0.4 is 5.32 Å². The maximum atomic E-state index is 12.9. The van der Waals surface area contributed by atoms with E-state index in [2.05, 4.69) is 19.2 Å². The van der Waals surface area contributed by atoms with Crippen molar-refractivity contribution < 1.29 is 4.39 Å². The van der Waals surface area contributed by atoms with Crippen LogP contribution in [0.25, 0.3) is 0 Å². The summed E-state index contributed by atoms with van der Waals surface area (Å²) in [6.45, 7) is 4.46. The Balaban J connectivity index is 1.97. The molecule has 0 saturated heterocycles. The summed E-state index contributed by atoms with van der Waals surface area (Å²) >= 11 is 0.